The molecule has 0 aliphatic carbocycles. The van der Waals surface area contributed by atoms with Crippen molar-refractivity contribution in [3.8, 4) is 5.75 Å². The van der Waals surface area contributed by atoms with Gasteiger partial charge in [0.25, 0.3) is 5.91 Å². The molecule has 0 aliphatic heterocycles. The molecule has 0 bridgehead atoms. The minimum atomic E-state index is -0.315. The van der Waals surface area contributed by atoms with E-state index in [0.717, 1.165) is 11.4 Å². The van der Waals surface area contributed by atoms with Gasteiger partial charge in [0.15, 0.2) is 0 Å². The number of rotatable bonds is 5. The summed E-state index contributed by atoms with van der Waals surface area (Å²) in [6.45, 7) is 0. The van der Waals surface area contributed by atoms with Gasteiger partial charge in [-0.2, -0.15) is 0 Å². The normalized spacial score (nSPS) is 10.3. The lowest BCUT2D eigenvalue weighted by Crippen LogP contribution is -2.12. The molecule has 3 aromatic rings. The van der Waals surface area contributed by atoms with Crippen LogP contribution in [0.5, 0.6) is 5.75 Å². The first-order valence-electron chi connectivity index (χ1n) is 7.69. The maximum Gasteiger partial charge on any atom is 0.255 e. The fourth-order valence-electron chi connectivity index (χ4n) is 2.28. The van der Waals surface area contributed by atoms with Crippen LogP contribution in [0.15, 0.2) is 60.8 Å². The molecule has 0 radical (unpaired) electrons. The van der Waals surface area contributed by atoms with Gasteiger partial charge in [0.05, 0.1) is 17.8 Å². The zero-order valence-corrected chi connectivity index (χ0v) is 15.3. The number of carbonyl (C=O) groups is 1. The molecule has 1 amide bonds. The molecule has 2 N–H and O–H groups in total. The van der Waals surface area contributed by atoms with Crippen molar-refractivity contribution in [1.82, 2.24) is 4.98 Å². The highest BCUT2D eigenvalue weighted by Gasteiger charge is 2.10. The molecule has 7 heteroatoms. The predicted octanol–water partition coefficient (Wildman–Crippen LogP) is 5.39. The highest BCUT2D eigenvalue weighted by atomic mass is 35.5. The highest BCUT2D eigenvalue weighted by Crippen LogP contribution is 2.26. The van der Waals surface area contributed by atoms with Gasteiger partial charge in [-0.15, -0.1) is 0 Å². The largest absolute Gasteiger partial charge is 0.497 e. The first-order valence-corrected chi connectivity index (χ1v) is 8.44. The number of ether oxygens (including phenoxy) is 1. The fraction of sp³-hybridized carbons (Fsp3) is 0.0526. The first kappa shape index (κ1) is 18.0. The number of hydrogen-bond donors (Lipinski definition) is 2. The number of anilines is 3. The molecule has 0 spiro atoms. The van der Waals surface area contributed by atoms with Crippen molar-refractivity contribution in [3.05, 3.63) is 76.4 Å². The summed E-state index contributed by atoms with van der Waals surface area (Å²) in [5.74, 6) is 0.938. The lowest BCUT2D eigenvalue weighted by Gasteiger charge is -2.10. The van der Waals surface area contributed by atoms with Gasteiger partial charge in [0, 0.05) is 28.5 Å². The molecule has 132 valence electrons. The van der Waals surface area contributed by atoms with Crippen molar-refractivity contribution in [1.29, 1.82) is 0 Å². The van der Waals surface area contributed by atoms with E-state index in [2.05, 4.69) is 15.6 Å². The molecule has 0 saturated heterocycles. The van der Waals surface area contributed by atoms with Gasteiger partial charge in [-0.25, -0.2) is 4.98 Å². The minimum absolute atomic E-state index is 0.315. The zero-order chi connectivity index (χ0) is 18.5. The quantitative estimate of drug-likeness (QED) is 0.615. The van der Waals surface area contributed by atoms with Crippen LogP contribution in [0, 0.1) is 0 Å². The Hall–Kier alpha value is -2.76. The average Bonchev–Trinajstić information content (AvgIpc) is 2.65. The Morgan fingerprint density at radius 1 is 1.08 bits per heavy atom. The van der Waals surface area contributed by atoms with E-state index in [1.54, 1.807) is 43.6 Å². The molecule has 0 aliphatic rings. The zero-order valence-electron chi connectivity index (χ0n) is 13.8. The van der Waals surface area contributed by atoms with Crippen LogP contribution in [0.4, 0.5) is 17.2 Å². The maximum atomic E-state index is 12.5. The van der Waals surface area contributed by atoms with Crippen LogP contribution >= 0.6 is 23.2 Å². The second-order valence-corrected chi connectivity index (χ2v) is 6.21. The van der Waals surface area contributed by atoms with Crippen molar-refractivity contribution in [3.63, 3.8) is 0 Å². The highest BCUT2D eigenvalue weighted by molar-refractivity contribution is 6.35. The SMILES string of the molecule is COc1cccc(Nc2cc(C(=O)Nc3cc(Cl)ccc3Cl)ccn2)c1. The van der Waals surface area contributed by atoms with Gasteiger partial charge in [-0.05, 0) is 42.5 Å². The summed E-state index contributed by atoms with van der Waals surface area (Å²) in [5, 5.41) is 6.78. The van der Waals surface area contributed by atoms with Gasteiger partial charge in [-0.3, -0.25) is 4.79 Å². The summed E-state index contributed by atoms with van der Waals surface area (Å²) >= 11 is 12.0. The van der Waals surface area contributed by atoms with Crippen molar-refractivity contribution in [2.24, 2.45) is 0 Å². The van der Waals surface area contributed by atoms with Gasteiger partial charge in [0.1, 0.15) is 11.6 Å². The summed E-state index contributed by atoms with van der Waals surface area (Å²) in [6.07, 6.45) is 1.55. The summed E-state index contributed by atoms with van der Waals surface area (Å²) < 4.78 is 5.19. The average molecular weight is 388 g/mol. The van der Waals surface area contributed by atoms with E-state index in [-0.39, 0.29) is 5.91 Å². The number of carbonyl (C=O) groups excluding carboxylic acids is 1. The number of halogens is 2. The molecule has 3 rings (SSSR count). The molecular formula is C19H15Cl2N3O2. The lowest BCUT2D eigenvalue weighted by molar-refractivity contribution is 0.102. The van der Waals surface area contributed by atoms with E-state index in [0.29, 0.717) is 27.1 Å². The Labute approximate surface area is 160 Å². The third-order valence-corrected chi connectivity index (χ3v) is 4.11. The standard InChI is InChI=1S/C19H15Cl2N3O2/c1-26-15-4-2-3-14(11-15)23-18-9-12(7-8-22-18)19(25)24-17-10-13(20)5-6-16(17)21/h2-11H,1H3,(H,22,23)(H,24,25). The molecule has 5 nitrogen and oxygen atoms in total. The van der Waals surface area contributed by atoms with Crippen LogP contribution in [0.25, 0.3) is 0 Å². The number of nitrogens with zero attached hydrogens (tertiary/aromatic N) is 1. The van der Waals surface area contributed by atoms with Gasteiger partial charge in [-0.1, -0.05) is 29.3 Å². The second kappa shape index (κ2) is 8.08. The third kappa shape index (κ3) is 4.45. The second-order valence-electron chi connectivity index (χ2n) is 5.37. The monoisotopic (exact) mass is 387 g/mol. The summed E-state index contributed by atoms with van der Waals surface area (Å²) in [7, 11) is 1.60. The van der Waals surface area contributed by atoms with E-state index in [1.807, 2.05) is 24.3 Å². The van der Waals surface area contributed by atoms with E-state index < -0.39 is 0 Å². The third-order valence-electron chi connectivity index (χ3n) is 3.54. The van der Waals surface area contributed by atoms with E-state index in [4.69, 9.17) is 27.9 Å². The Morgan fingerprint density at radius 3 is 2.73 bits per heavy atom. The number of nitrogens with one attached hydrogen (secondary N) is 2. The predicted molar refractivity (Wildman–Crippen MR) is 105 cm³/mol. The van der Waals surface area contributed by atoms with Crippen LogP contribution in [0.2, 0.25) is 10.0 Å². The molecule has 1 aromatic heterocycles. The van der Waals surface area contributed by atoms with Crippen LogP contribution in [-0.4, -0.2) is 18.0 Å². The van der Waals surface area contributed by atoms with Crippen molar-refractivity contribution < 1.29 is 9.53 Å². The molecule has 0 atom stereocenters. The molecule has 1 heterocycles. The first-order chi connectivity index (χ1) is 12.5. The van der Waals surface area contributed by atoms with Crippen molar-refractivity contribution in [2.45, 2.75) is 0 Å². The molecule has 26 heavy (non-hydrogen) atoms. The molecule has 0 fully saturated rings. The number of pyridine rings is 1. The Balaban J connectivity index is 1.77. The van der Waals surface area contributed by atoms with E-state index >= 15 is 0 Å². The van der Waals surface area contributed by atoms with E-state index in [9.17, 15) is 4.79 Å². The van der Waals surface area contributed by atoms with Gasteiger partial charge in [0.2, 0.25) is 0 Å². The molecular weight excluding hydrogens is 373 g/mol. The number of methoxy groups -OCH3 is 1. The Morgan fingerprint density at radius 2 is 1.92 bits per heavy atom. The molecule has 2 aromatic carbocycles. The Kier molecular flexibility index (Phi) is 5.61. The van der Waals surface area contributed by atoms with Crippen molar-refractivity contribution in [2.75, 3.05) is 17.7 Å². The van der Waals surface area contributed by atoms with Crippen LogP contribution < -0.4 is 15.4 Å². The number of benzene rings is 2. The maximum absolute atomic E-state index is 12.5. The number of hydrogen-bond acceptors (Lipinski definition) is 4. The molecule has 0 saturated carbocycles. The summed E-state index contributed by atoms with van der Waals surface area (Å²) in [5.41, 5.74) is 1.68. The minimum Gasteiger partial charge on any atom is -0.497 e. The topological polar surface area (TPSA) is 63.2 Å². The smallest absolute Gasteiger partial charge is 0.255 e. The number of amides is 1. The van der Waals surface area contributed by atoms with Gasteiger partial charge < -0.3 is 15.4 Å². The summed E-state index contributed by atoms with van der Waals surface area (Å²) in [4.78, 5) is 16.7. The van der Waals surface area contributed by atoms with Crippen LogP contribution in [-0.2, 0) is 0 Å². The van der Waals surface area contributed by atoms with Crippen LogP contribution in [0.3, 0.4) is 0 Å². The van der Waals surface area contributed by atoms with E-state index in [1.165, 1.54) is 0 Å². The fourth-order valence-corrected chi connectivity index (χ4v) is 2.61. The number of aromatic nitrogens is 1. The Bertz CT molecular complexity index is 948. The summed E-state index contributed by atoms with van der Waals surface area (Å²) in [6, 6.07) is 15.6. The van der Waals surface area contributed by atoms with Crippen molar-refractivity contribution >= 4 is 46.3 Å². The lowest BCUT2D eigenvalue weighted by atomic mass is 10.2. The van der Waals surface area contributed by atoms with Crippen LogP contribution in [0.1, 0.15) is 10.4 Å². The van der Waals surface area contributed by atoms with Gasteiger partial charge >= 0.3 is 0 Å². The molecule has 0 unspecified atom stereocenters.